The van der Waals surface area contributed by atoms with Crippen molar-refractivity contribution in [2.75, 3.05) is 0 Å². The molecule has 0 fully saturated rings. The summed E-state index contributed by atoms with van der Waals surface area (Å²) in [6, 6.07) is 4.90. The zero-order valence-corrected chi connectivity index (χ0v) is 10.3. The Kier molecular flexibility index (Phi) is 3.05. The maximum Gasteiger partial charge on any atom is 0.133 e. The first kappa shape index (κ1) is 11.3. The molecule has 1 aliphatic heterocycles. The van der Waals surface area contributed by atoms with Crippen molar-refractivity contribution in [2.45, 2.75) is 13.3 Å². The fourth-order valence-corrected chi connectivity index (χ4v) is 1.87. The third-order valence-electron chi connectivity index (χ3n) is 2.53. The first-order chi connectivity index (χ1) is 7.58. The number of hydrogen-bond acceptors (Lipinski definition) is 3. The Morgan fingerprint density at radius 3 is 2.81 bits per heavy atom. The summed E-state index contributed by atoms with van der Waals surface area (Å²) >= 11 is 3.21. The maximum absolute atomic E-state index is 13.7. The average Bonchev–Trinajstić information content (AvgIpc) is 2.22. The van der Waals surface area contributed by atoms with Gasteiger partial charge in [-0.2, -0.15) is 5.10 Å². The van der Waals surface area contributed by atoms with E-state index in [1.807, 2.05) is 6.92 Å². The van der Waals surface area contributed by atoms with Gasteiger partial charge in [-0.05, 0) is 18.2 Å². The van der Waals surface area contributed by atoms with Gasteiger partial charge in [0, 0.05) is 22.4 Å². The Morgan fingerprint density at radius 1 is 1.44 bits per heavy atom. The summed E-state index contributed by atoms with van der Waals surface area (Å²) < 4.78 is 14.4. The van der Waals surface area contributed by atoms with E-state index in [-0.39, 0.29) is 11.7 Å². The molecular weight excluding hydrogens is 273 g/mol. The van der Waals surface area contributed by atoms with E-state index in [2.05, 4.69) is 26.1 Å². The Bertz CT molecular complexity index is 482. The highest BCUT2D eigenvalue weighted by molar-refractivity contribution is 9.10. The van der Waals surface area contributed by atoms with Gasteiger partial charge in [0.1, 0.15) is 11.7 Å². The van der Waals surface area contributed by atoms with Crippen molar-refractivity contribution >= 4 is 27.5 Å². The molecule has 0 bridgehead atoms. The Morgan fingerprint density at radius 2 is 2.19 bits per heavy atom. The second-order valence-corrected chi connectivity index (χ2v) is 4.72. The highest BCUT2D eigenvalue weighted by Gasteiger charge is 2.19. The summed E-state index contributed by atoms with van der Waals surface area (Å²) in [5, 5.41) is 7.78. The molecule has 1 aliphatic rings. The number of rotatable bonds is 1. The molecule has 0 radical (unpaired) electrons. The second kappa shape index (κ2) is 4.33. The summed E-state index contributed by atoms with van der Waals surface area (Å²) in [4.78, 5) is 0. The van der Waals surface area contributed by atoms with Gasteiger partial charge in [-0.15, -0.1) is 5.10 Å². The van der Waals surface area contributed by atoms with Gasteiger partial charge >= 0.3 is 0 Å². The van der Waals surface area contributed by atoms with Crippen LogP contribution >= 0.6 is 15.9 Å². The Balaban J connectivity index is 2.39. The molecule has 0 saturated carbocycles. The minimum atomic E-state index is -0.295. The SMILES string of the molecule is CC1CC(c2ccc(Br)cc2F)=NN=C1N. The van der Waals surface area contributed by atoms with Crippen LogP contribution in [0.25, 0.3) is 0 Å². The highest BCUT2D eigenvalue weighted by atomic mass is 79.9. The molecule has 1 atom stereocenters. The van der Waals surface area contributed by atoms with E-state index in [1.54, 1.807) is 12.1 Å². The molecule has 3 nitrogen and oxygen atoms in total. The predicted octanol–water partition coefficient (Wildman–Crippen LogP) is 2.69. The number of halogens is 2. The Labute approximate surface area is 101 Å². The van der Waals surface area contributed by atoms with Crippen LogP contribution in [0.1, 0.15) is 18.9 Å². The zero-order valence-electron chi connectivity index (χ0n) is 8.74. The second-order valence-electron chi connectivity index (χ2n) is 3.80. The molecule has 0 saturated heterocycles. The number of amidine groups is 1. The fourth-order valence-electron chi connectivity index (χ4n) is 1.54. The monoisotopic (exact) mass is 283 g/mol. The summed E-state index contributed by atoms with van der Waals surface area (Å²) in [5.74, 6) is 0.313. The van der Waals surface area contributed by atoms with Crippen molar-refractivity contribution < 1.29 is 4.39 Å². The Hall–Kier alpha value is -1.23. The molecule has 1 aromatic carbocycles. The molecule has 2 rings (SSSR count). The largest absolute Gasteiger partial charge is 0.385 e. The van der Waals surface area contributed by atoms with Gasteiger partial charge in [-0.3, -0.25) is 0 Å². The fraction of sp³-hybridized carbons (Fsp3) is 0.273. The normalized spacial score (nSPS) is 20.3. The molecule has 16 heavy (non-hydrogen) atoms. The standard InChI is InChI=1S/C11H11BrFN3/c1-6-4-10(15-16-11(6)14)8-3-2-7(12)5-9(8)13/h2-3,5-6H,4H2,1H3,(H2,14,16). The van der Waals surface area contributed by atoms with Crippen LogP contribution in [0.3, 0.4) is 0 Å². The van der Waals surface area contributed by atoms with E-state index in [0.29, 0.717) is 28.0 Å². The highest BCUT2D eigenvalue weighted by Crippen LogP contribution is 2.21. The third-order valence-corrected chi connectivity index (χ3v) is 3.03. The smallest absolute Gasteiger partial charge is 0.133 e. The number of hydrogen-bond donors (Lipinski definition) is 1. The van der Waals surface area contributed by atoms with Gasteiger partial charge in [0.15, 0.2) is 0 Å². The van der Waals surface area contributed by atoms with E-state index >= 15 is 0 Å². The molecule has 84 valence electrons. The van der Waals surface area contributed by atoms with Gasteiger partial charge in [-0.25, -0.2) is 4.39 Å². The van der Waals surface area contributed by atoms with E-state index in [4.69, 9.17) is 5.73 Å². The lowest BCUT2D eigenvalue weighted by Gasteiger charge is -2.16. The quantitative estimate of drug-likeness (QED) is 0.847. The van der Waals surface area contributed by atoms with Crippen LogP contribution in [0.4, 0.5) is 4.39 Å². The van der Waals surface area contributed by atoms with Crippen LogP contribution in [-0.2, 0) is 0 Å². The topological polar surface area (TPSA) is 50.7 Å². The van der Waals surface area contributed by atoms with E-state index < -0.39 is 0 Å². The van der Waals surface area contributed by atoms with Gasteiger partial charge in [-0.1, -0.05) is 22.9 Å². The summed E-state index contributed by atoms with van der Waals surface area (Å²) in [5.41, 5.74) is 6.76. The zero-order chi connectivity index (χ0) is 11.7. The average molecular weight is 284 g/mol. The minimum Gasteiger partial charge on any atom is -0.385 e. The van der Waals surface area contributed by atoms with Gasteiger partial charge < -0.3 is 5.73 Å². The van der Waals surface area contributed by atoms with Crippen molar-refractivity contribution in [1.29, 1.82) is 0 Å². The van der Waals surface area contributed by atoms with E-state index in [1.165, 1.54) is 6.07 Å². The molecule has 0 amide bonds. The molecule has 1 heterocycles. The van der Waals surface area contributed by atoms with Crippen molar-refractivity contribution in [2.24, 2.45) is 21.9 Å². The van der Waals surface area contributed by atoms with Crippen molar-refractivity contribution in [3.05, 3.63) is 34.1 Å². The van der Waals surface area contributed by atoms with E-state index in [0.717, 1.165) is 0 Å². The van der Waals surface area contributed by atoms with Gasteiger partial charge in [0.25, 0.3) is 0 Å². The van der Waals surface area contributed by atoms with Crippen LogP contribution in [0.2, 0.25) is 0 Å². The minimum absolute atomic E-state index is 0.107. The lowest BCUT2D eigenvalue weighted by Crippen LogP contribution is -2.27. The third kappa shape index (κ3) is 2.14. The lowest BCUT2D eigenvalue weighted by molar-refractivity contribution is 0.622. The number of nitrogens with zero attached hydrogens (tertiary/aromatic N) is 2. The van der Waals surface area contributed by atoms with Crippen molar-refractivity contribution in [3.63, 3.8) is 0 Å². The first-order valence-corrected chi connectivity index (χ1v) is 5.72. The molecule has 1 unspecified atom stereocenters. The summed E-state index contributed by atoms with van der Waals surface area (Å²) in [6.07, 6.45) is 0.619. The number of benzene rings is 1. The van der Waals surface area contributed by atoms with Crippen molar-refractivity contribution in [3.8, 4) is 0 Å². The van der Waals surface area contributed by atoms with Crippen LogP contribution in [-0.4, -0.2) is 11.5 Å². The van der Waals surface area contributed by atoms with Crippen LogP contribution in [0.15, 0.2) is 32.9 Å². The molecule has 0 aliphatic carbocycles. The van der Waals surface area contributed by atoms with Gasteiger partial charge in [0.05, 0.1) is 5.71 Å². The van der Waals surface area contributed by atoms with Crippen LogP contribution in [0, 0.1) is 11.7 Å². The lowest BCUT2D eigenvalue weighted by atomic mass is 9.97. The summed E-state index contributed by atoms with van der Waals surface area (Å²) in [7, 11) is 0. The van der Waals surface area contributed by atoms with Crippen LogP contribution in [0.5, 0.6) is 0 Å². The van der Waals surface area contributed by atoms with Crippen LogP contribution < -0.4 is 5.73 Å². The summed E-state index contributed by atoms with van der Waals surface area (Å²) in [6.45, 7) is 1.95. The van der Waals surface area contributed by atoms with Crippen molar-refractivity contribution in [1.82, 2.24) is 0 Å². The molecule has 0 aromatic heterocycles. The number of nitrogens with two attached hydrogens (primary N) is 1. The maximum atomic E-state index is 13.7. The van der Waals surface area contributed by atoms with E-state index in [9.17, 15) is 4.39 Å². The predicted molar refractivity (Wildman–Crippen MR) is 66.0 cm³/mol. The first-order valence-electron chi connectivity index (χ1n) is 4.93. The molecule has 2 N–H and O–H groups in total. The molecule has 1 aromatic rings. The molecule has 0 spiro atoms. The van der Waals surface area contributed by atoms with Gasteiger partial charge in [0.2, 0.25) is 0 Å². The molecule has 5 heteroatoms. The molecular formula is C11H11BrFN3.